The number of fused-ring (bicyclic) bond motifs is 1. The zero-order chi connectivity index (χ0) is 15.5. The molecule has 0 saturated heterocycles. The van der Waals surface area contributed by atoms with E-state index >= 15 is 0 Å². The fourth-order valence-corrected chi connectivity index (χ4v) is 3.75. The number of carbonyl (C=O) groups is 2. The zero-order valence-electron chi connectivity index (χ0n) is 12.6. The number of nitrogens with zero attached hydrogens (tertiary/aromatic N) is 2. The van der Waals surface area contributed by atoms with Gasteiger partial charge in [-0.05, 0) is 19.3 Å². The molecule has 2 amide bonds. The number of thiazole rings is 1. The van der Waals surface area contributed by atoms with Crippen molar-refractivity contribution in [1.82, 2.24) is 9.88 Å². The van der Waals surface area contributed by atoms with Gasteiger partial charge in [0.2, 0.25) is 11.8 Å². The normalized spacial score (nSPS) is 17.5. The summed E-state index contributed by atoms with van der Waals surface area (Å²) in [6.07, 6.45) is 6.90. The lowest BCUT2D eigenvalue weighted by Crippen LogP contribution is -2.35. The second kappa shape index (κ2) is 6.60. The van der Waals surface area contributed by atoms with Crippen LogP contribution >= 0.6 is 11.3 Å². The molecule has 1 saturated carbocycles. The molecule has 0 atom stereocenters. The van der Waals surface area contributed by atoms with Crippen LogP contribution in [0, 0.1) is 5.92 Å². The molecule has 0 bridgehead atoms. The van der Waals surface area contributed by atoms with Gasteiger partial charge in [0, 0.05) is 30.2 Å². The first-order valence-electron chi connectivity index (χ1n) is 7.85. The molecule has 0 aromatic carbocycles. The molecule has 3 rings (SSSR count). The Bertz CT molecular complexity index is 592. The van der Waals surface area contributed by atoms with E-state index in [1.54, 1.807) is 6.08 Å². The van der Waals surface area contributed by atoms with Crippen LogP contribution in [0.3, 0.4) is 0 Å². The quantitative estimate of drug-likeness (QED) is 0.849. The number of rotatable bonds is 5. The minimum atomic E-state index is 0.0938. The van der Waals surface area contributed by atoms with Crippen molar-refractivity contribution >= 4 is 28.3 Å². The van der Waals surface area contributed by atoms with Crippen molar-refractivity contribution in [1.29, 1.82) is 0 Å². The van der Waals surface area contributed by atoms with E-state index < -0.39 is 0 Å². The predicted molar refractivity (Wildman–Crippen MR) is 86.6 cm³/mol. The summed E-state index contributed by atoms with van der Waals surface area (Å²) in [5, 5.41) is 3.61. The third-order valence-corrected chi connectivity index (χ3v) is 5.35. The fourth-order valence-electron chi connectivity index (χ4n) is 2.72. The van der Waals surface area contributed by atoms with Crippen LogP contribution in [0.1, 0.15) is 42.7 Å². The molecule has 1 aliphatic carbocycles. The first kappa shape index (κ1) is 15.2. The van der Waals surface area contributed by atoms with Crippen LogP contribution in [0.5, 0.6) is 0 Å². The number of allylic oxidation sites excluding steroid dienone is 1. The molecule has 2 heterocycles. The first-order chi connectivity index (χ1) is 10.7. The van der Waals surface area contributed by atoms with E-state index in [0.29, 0.717) is 31.1 Å². The first-order valence-corrected chi connectivity index (χ1v) is 8.67. The van der Waals surface area contributed by atoms with Gasteiger partial charge in [-0.3, -0.25) is 9.59 Å². The number of hydrogen-bond acceptors (Lipinski definition) is 4. The molecule has 1 aromatic heterocycles. The van der Waals surface area contributed by atoms with Gasteiger partial charge < -0.3 is 10.2 Å². The van der Waals surface area contributed by atoms with Crippen LogP contribution in [-0.4, -0.2) is 28.2 Å². The number of carbonyl (C=O) groups excluding carboxylic acids is 2. The summed E-state index contributed by atoms with van der Waals surface area (Å²) in [7, 11) is 0. The van der Waals surface area contributed by atoms with Crippen molar-refractivity contribution in [3.8, 4) is 0 Å². The van der Waals surface area contributed by atoms with E-state index in [1.165, 1.54) is 11.3 Å². The number of aromatic nitrogens is 1. The van der Waals surface area contributed by atoms with Gasteiger partial charge in [-0.1, -0.05) is 23.8 Å². The number of hydrogen-bond donors (Lipinski definition) is 1. The molecule has 0 radical (unpaired) electrons. The molecule has 6 heteroatoms. The third kappa shape index (κ3) is 3.21. The Kier molecular flexibility index (Phi) is 4.57. The topological polar surface area (TPSA) is 62.3 Å². The number of anilines is 1. The van der Waals surface area contributed by atoms with Gasteiger partial charge in [0.15, 0.2) is 5.13 Å². The largest absolute Gasteiger partial charge is 0.337 e. The summed E-state index contributed by atoms with van der Waals surface area (Å²) >= 11 is 1.50. The van der Waals surface area contributed by atoms with Crippen LogP contribution in [0.15, 0.2) is 12.7 Å². The lowest BCUT2D eigenvalue weighted by Gasteiger charge is -2.25. The van der Waals surface area contributed by atoms with Gasteiger partial charge in [-0.15, -0.1) is 6.58 Å². The predicted octanol–water partition coefficient (Wildman–Crippen LogP) is 2.73. The van der Waals surface area contributed by atoms with E-state index in [1.807, 2.05) is 4.90 Å². The van der Waals surface area contributed by atoms with Crippen LogP contribution in [-0.2, 0) is 22.6 Å². The SMILES string of the molecule is C=CCCC(=O)N1CCc2nc(NC(=O)C3CCC3)sc2C1. The number of amides is 2. The maximum atomic E-state index is 12.1. The molecule has 1 aromatic rings. The van der Waals surface area contributed by atoms with Crippen molar-refractivity contribution in [2.75, 3.05) is 11.9 Å². The highest BCUT2D eigenvalue weighted by Crippen LogP contribution is 2.31. The van der Waals surface area contributed by atoms with E-state index in [-0.39, 0.29) is 17.7 Å². The zero-order valence-corrected chi connectivity index (χ0v) is 13.5. The van der Waals surface area contributed by atoms with Gasteiger partial charge in [0.05, 0.1) is 12.2 Å². The monoisotopic (exact) mass is 319 g/mol. The Balaban J connectivity index is 1.61. The highest BCUT2D eigenvalue weighted by molar-refractivity contribution is 7.15. The molecule has 1 N–H and O–H groups in total. The summed E-state index contributed by atoms with van der Waals surface area (Å²) < 4.78 is 0. The summed E-state index contributed by atoms with van der Waals surface area (Å²) in [5.74, 6) is 0.424. The third-order valence-electron chi connectivity index (χ3n) is 4.35. The molecule has 1 fully saturated rings. The summed E-state index contributed by atoms with van der Waals surface area (Å²) in [6, 6.07) is 0. The minimum Gasteiger partial charge on any atom is -0.337 e. The Morgan fingerprint density at radius 1 is 1.45 bits per heavy atom. The lowest BCUT2D eigenvalue weighted by atomic mass is 9.85. The van der Waals surface area contributed by atoms with Gasteiger partial charge in [-0.2, -0.15) is 0 Å². The second-order valence-electron chi connectivity index (χ2n) is 5.90. The Morgan fingerprint density at radius 3 is 2.95 bits per heavy atom. The molecule has 5 nitrogen and oxygen atoms in total. The van der Waals surface area contributed by atoms with Crippen LogP contribution < -0.4 is 5.32 Å². The summed E-state index contributed by atoms with van der Waals surface area (Å²) in [5.41, 5.74) is 1.03. The second-order valence-corrected chi connectivity index (χ2v) is 6.98. The fraction of sp³-hybridized carbons (Fsp3) is 0.562. The Morgan fingerprint density at radius 2 is 2.27 bits per heavy atom. The van der Waals surface area contributed by atoms with E-state index in [4.69, 9.17) is 0 Å². The van der Waals surface area contributed by atoms with Gasteiger partial charge >= 0.3 is 0 Å². The van der Waals surface area contributed by atoms with E-state index in [9.17, 15) is 9.59 Å². The highest BCUT2D eigenvalue weighted by atomic mass is 32.1. The van der Waals surface area contributed by atoms with Crippen molar-refractivity contribution in [2.45, 2.75) is 45.1 Å². The average molecular weight is 319 g/mol. The van der Waals surface area contributed by atoms with Gasteiger partial charge in [0.25, 0.3) is 0 Å². The van der Waals surface area contributed by atoms with Crippen molar-refractivity contribution in [3.05, 3.63) is 23.2 Å². The van der Waals surface area contributed by atoms with Crippen molar-refractivity contribution < 1.29 is 9.59 Å². The molecular formula is C16H21N3O2S. The highest BCUT2D eigenvalue weighted by Gasteiger charge is 2.28. The van der Waals surface area contributed by atoms with E-state index in [2.05, 4.69) is 16.9 Å². The Labute approximate surface area is 134 Å². The van der Waals surface area contributed by atoms with Crippen LogP contribution in [0.25, 0.3) is 0 Å². The maximum Gasteiger partial charge on any atom is 0.229 e. The molecule has 22 heavy (non-hydrogen) atoms. The minimum absolute atomic E-state index is 0.0938. The Hall–Kier alpha value is -1.69. The maximum absolute atomic E-state index is 12.1. The molecule has 0 spiro atoms. The summed E-state index contributed by atoms with van der Waals surface area (Å²) in [4.78, 5) is 31.6. The van der Waals surface area contributed by atoms with Gasteiger partial charge in [-0.25, -0.2) is 4.98 Å². The molecule has 118 valence electrons. The lowest BCUT2D eigenvalue weighted by molar-refractivity contribution is -0.132. The molecule has 2 aliphatic rings. The van der Waals surface area contributed by atoms with Crippen molar-refractivity contribution in [2.24, 2.45) is 5.92 Å². The molecule has 1 aliphatic heterocycles. The molecule has 0 unspecified atom stereocenters. The number of nitrogens with one attached hydrogen (secondary N) is 1. The van der Waals surface area contributed by atoms with Gasteiger partial charge in [0.1, 0.15) is 0 Å². The van der Waals surface area contributed by atoms with Crippen LogP contribution in [0.4, 0.5) is 5.13 Å². The standard InChI is InChI=1S/C16H21N3O2S/c1-2-3-7-14(20)19-9-8-12-13(10-19)22-16(17-12)18-15(21)11-5-4-6-11/h2,11H,1,3-10H2,(H,17,18,21). The smallest absolute Gasteiger partial charge is 0.229 e. The van der Waals surface area contributed by atoms with Crippen molar-refractivity contribution in [3.63, 3.8) is 0 Å². The van der Waals surface area contributed by atoms with Crippen LogP contribution in [0.2, 0.25) is 0 Å². The average Bonchev–Trinajstić information content (AvgIpc) is 2.83. The summed E-state index contributed by atoms with van der Waals surface area (Å²) in [6.45, 7) is 4.98. The van der Waals surface area contributed by atoms with E-state index in [0.717, 1.165) is 36.3 Å². The molecular weight excluding hydrogens is 298 g/mol.